The van der Waals surface area contributed by atoms with Crippen molar-refractivity contribution >= 4 is 23.2 Å². The van der Waals surface area contributed by atoms with Crippen molar-refractivity contribution in [3.63, 3.8) is 0 Å². The van der Waals surface area contributed by atoms with Gasteiger partial charge in [-0.2, -0.15) is 0 Å². The van der Waals surface area contributed by atoms with E-state index in [-0.39, 0.29) is 11.9 Å². The van der Waals surface area contributed by atoms with Gasteiger partial charge in [0.2, 0.25) is 5.91 Å². The quantitative estimate of drug-likeness (QED) is 0.602. The summed E-state index contributed by atoms with van der Waals surface area (Å²) in [6.07, 6.45) is 2.87. The largest absolute Gasteiger partial charge is 0.362 e. The lowest BCUT2D eigenvalue weighted by Crippen LogP contribution is -2.39. The molecule has 0 radical (unpaired) electrons. The number of nitrogens with one attached hydrogen (secondary N) is 3. The summed E-state index contributed by atoms with van der Waals surface area (Å²) in [5.41, 5.74) is 0. The number of amides is 1. The molecule has 86 valence electrons. The lowest BCUT2D eigenvalue weighted by Gasteiger charge is -2.10. The molecule has 0 aromatic carbocycles. The number of hydrogen-bond donors (Lipinski definition) is 3. The smallest absolute Gasteiger partial charge is 0.221 e. The van der Waals surface area contributed by atoms with Gasteiger partial charge in [-0.1, -0.05) is 0 Å². The SMILES string of the molecule is CC(C)NC(=O)CCNC(=S)NC1CC1. The van der Waals surface area contributed by atoms with E-state index in [0.29, 0.717) is 24.1 Å². The van der Waals surface area contributed by atoms with Crippen molar-refractivity contribution in [3.05, 3.63) is 0 Å². The maximum Gasteiger partial charge on any atom is 0.221 e. The Balaban J connectivity index is 1.99. The zero-order valence-electron chi connectivity index (χ0n) is 9.30. The van der Waals surface area contributed by atoms with Crippen LogP contribution >= 0.6 is 12.2 Å². The van der Waals surface area contributed by atoms with Crippen LogP contribution < -0.4 is 16.0 Å². The summed E-state index contributed by atoms with van der Waals surface area (Å²) >= 11 is 5.06. The Hall–Kier alpha value is -0.840. The van der Waals surface area contributed by atoms with Gasteiger partial charge in [0.25, 0.3) is 0 Å². The third-order valence-electron chi connectivity index (χ3n) is 2.00. The van der Waals surface area contributed by atoms with Crippen LogP contribution in [0, 0.1) is 0 Å². The first-order valence-electron chi connectivity index (χ1n) is 5.41. The fourth-order valence-electron chi connectivity index (χ4n) is 1.15. The average Bonchev–Trinajstić information content (AvgIpc) is 2.86. The number of carbonyl (C=O) groups excluding carboxylic acids is 1. The van der Waals surface area contributed by atoms with Crippen molar-refractivity contribution in [1.82, 2.24) is 16.0 Å². The molecule has 1 rings (SSSR count). The summed E-state index contributed by atoms with van der Waals surface area (Å²) in [4.78, 5) is 11.3. The minimum absolute atomic E-state index is 0.0618. The molecule has 1 amide bonds. The maximum absolute atomic E-state index is 11.3. The summed E-state index contributed by atoms with van der Waals surface area (Å²) in [5, 5.41) is 9.66. The predicted octanol–water partition coefficient (Wildman–Crippen LogP) is 0.528. The third kappa shape index (κ3) is 6.28. The molecule has 0 aromatic rings. The molecule has 4 nitrogen and oxygen atoms in total. The van der Waals surface area contributed by atoms with Crippen molar-refractivity contribution in [2.75, 3.05) is 6.54 Å². The van der Waals surface area contributed by atoms with Crippen molar-refractivity contribution in [2.24, 2.45) is 0 Å². The molecule has 0 aliphatic heterocycles. The molecule has 1 saturated carbocycles. The first-order valence-corrected chi connectivity index (χ1v) is 5.82. The van der Waals surface area contributed by atoms with E-state index in [1.165, 1.54) is 12.8 Å². The molecule has 1 fully saturated rings. The van der Waals surface area contributed by atoms with Crippen molar-refractivity contribution in [3.8, 4) is 0 Å². The van der Waals surface area contributed by atoms with Crippen LogP contribution in [0.4, 0.5) is 0 Å². The van der Waals surface area contributed by atoms with Crippen LogP contribution in [0.25, 0.3) is 0 Å². The van der Waals surface area contributed by atoms with Crippen LogP contribution in [0.15, 0.2) is 0 Å². The number of carbonyl (C=O) groups is 1. The van der Waals surface area contributed by atoms with Crippen molar-refractivity contribution < 1.29 is 4.79 Å². The third-order valence-corrected chi connectivity index (χ3v) is 2.26. The molecule has 15 heavy (non-hydrogen) atoms. The lowest BCUT2D eigenvalue weighted by atomic mass is 10.3. The minimum Gasteiger partial charge on any atom is -0.362 e. The fraction of sp³-hybridized carbons (Fsp3) is 0.800. The van der Waals surface area contributed by atoms with Gasteiger partial charge in [0.1, 0.15) is 0 Å². The maximum atomic E-state index is 11.3. The standard InChI is InChI=1S/C10H19N3OS/c1-7(2)12-9(14)5-6-11-10(15)13-8-3-4-8/h7-8H,3-6H2,1-2H3,(H,12,14)(H2,11,13,15). The Morgan fingerprint density at radius 2 is 2.13 bits per heavy atom. The minimum atomic E-state index is 0.0618. The summed E-state index contributed by atoms with van der Waals surface area (Å²) in [5.74, 6) is 0.0618. The van der Waals surface area contributed by atoms with E-state index in [0.717, 1.165) is 0 Å². The van der Waals surface area contributed by atoms with Crippen LogP contribution in [0.5, 0.6) is 0 Å². The molecule has 0 heterocycles. The molecule has 0 aromatic heterocycles. The number of hydrogen-bond acceptors (Lipinski definition) is 2. The van der Waals surface area contributed by atoms with Gasteiger partial charge in [0.05, 0.1) is 0 Å². The lowest BCUT2D eigenvalue weighted by molar-refractivity contribution is -0.121. The van der Waals surface area contributed by atoms with Gasteiger partial charge >= 0.3 is 0 Å². The van der Waals surface area contributed by atoms with Gasteiger partial charge in [-0.05, 0) is 38.9 Å². The van der Waals surface area contributed by atoms with Gasteiger partial charge < -0.3 is 16.0 Å². The molecule has 0 atom stereocenters. The van der Waals surface area contributed by atoms with Crippen LogP contribution in [0.2, 0.25) is 0 Å². The average molecular weight is 229 g/mol. The number of thiocarbonyl (C=S) groups is 1. The topological polar surface area (TPSA) is 53.2 Å². The summed E-state index contributed by atoms with van der Waals surface area (Å²) in [7, 11) is 0. The molecule has 0 unspecified atom stereocenters. The Kier molecular flexibility index (Phi) is 4.81. The van der Waals surface area contributed by atoms with E-state index < -0.39 is 0 Å². The molecule has 5 heteroatoms. The van der Waals surface area contributed by atoms with Crippen LogP contribution in [0.1, 0.15) is 33.1 Å². The zero-order valence-corrected chi connectivity index (χ0v) is 10.1. The second-order valence-electron chi connectivity index (χ2n) is 4.15. The molecule has 0 bridgehead atoms. The van der Waals surface area contributed by atoms with Crippen LogP contribution in [-0.2, 0) is 4.79 Å². The monoisotopic (exact) mass is 229 g/mol. The van der Waals surface area contributed by atoms with E-state index in [1.807, 2.05) is 13.8 Å². The highest BCUT2D eigenvalue weighted by atomic mass is 32.1. The second-order valence-corrected chi connectivity index (χ2v) is 4.55. The van der Waals surface area contributed by atoms with Crippen LogP contribution in [-0.4, -0.2) is 29.6 Å². The van der Waals surface area contributed by atoms with Crippen molar-refractivity contribution in [2.45, 2.75) is 45.2 Å². The zero-order chi connectivity index (χ0) is 11.3. The van der Waals surface area contributed by atoms with Gasteiger partial charge in [0, 0.05) is 25.0 Å². The molecule has 3 N–H and O–H groups in total. The Bertz CT molecular complexity index is 223. The van der Waals surface area contributed by atoms with Gasteiger partial charge in [-0.3, -0.25) is 4.79 Å². The number of rotatable bonds is 5. The van der Waals surface area contributed by atoms with Gasteiger partial charge in [0.15, 0.2) is 5.11 Å². The summed E-state index contributed by atoms with van der Waals surface area (Å²) in [6.45, 7) is 4.49. The first-order chi connectivity index (χ1) is 7.08. The summed E-state index contributed by atoms with van der Waals surface area (Å²) in [6, 6.07) is 0.767. The molecule has 1 aliphatic rings. The van der Waals surface area contributed by atoms with E-state index in [1.54, 1.807) is 0 Å². The Morgan fingerprint density at radius 1 is 1.47 bits per heavy atom. The molecule has 0 spiro atoms. The van der Waals surface area contributed by atoms with Crippen molar-refractivity contribution in [1.29, 1.82) is 0 Å². The second kappa shape index (κ2) is 5.90. The highest BCUT2D eigenvalue weighted by Gasteiger charge is 2.21. The first kappa shape index (κ1) is 12.2. The van der Waals surface area contributed by atoms with Gasteiger partial charge in [-0.25, -0.2) is 0 Å². The fourth-order valence-corrected chi connectivity index (χ4v) is 1.42. The molecule has 0 saturated heterocycles. The van der Waals surface area contributed by atoms with E-state index >= 15 is 0 Å². The highest BCUT2D eigenvalue weighted by Crippen LogP contribution is 2.18. The summed E-state index contributed by atoms with van der Waals surface area (Å²) < 4.78 is 0. The van der Waals surface area contributed by atoms with Crippen LogP contribution in [0.3, 0.4) is 0 Å². The van der Waals surface area contributed by atoms with E-state index in [2.05, 4.69) is 16.0 Å². The molecular formula is C10H19N3OS. The molecule has 1 aliphatic carbocycles. The Labute approximate surface area is 96.2 Å². The van der Waals surface area contributed by atoms with E-state index in [4.69, 9.17) is 12.2 Å². The Morgan fingerprint density at radius 3 is 2.67 bits per heavy atom. The predicted molar refractivity (Wildman–Crippen MR) is 64.7 cm³/mol. The van der Waals surface area contributed by atoms with E-state index in [9.17, 15) is 4.79 Å². The normalized spacial score (nSPS) is 14.9. The molecular weight excluding hydrogens is 210 g/mol. The van der Waals surface area contributed by atoms with Gasteiger partial charge in [-0.15, -0.1) is 0 Å². The highest BCUT2D eigenvalue weighted by molar-refractivity contribution is 7.80.